The lowest BCUT2D eigenvalue weighted by molar-refractivity contribution is -0.0705. The van der Waals surface area contributed by atoms with Gasteiger partial charge in [-0.1, -0.05) is 11.8 Å². The predicted molar refractivity (Wildman–Crippen MR) is 127 cm³/mol. The number of nitrogens with one attached hydrogen (secondary N) is 2. The third-order valence-electron chi connectivity index (χ3n) is 6.15. The molecule has 1 aromatic carbocycles. The second kappa shape index (κ2) is 7.67. The normalized spacial score (nSPS) is 22.4. The third kappa shape index (κ3) is 3.59. The lowest BCUT2D eigenvalue weighted by Crippen LogP contribution is -2.35. The fraction of sp³-hybridized carbons (Fsp3) is 0.435. The molecule has 1 saturated heterocycles. The van der Waals surface area contributed by atoms with Gasteiger partial charge in [0.1, 0.15) is 5.75 Å². The van der Waals surface area contributed by atoms with Crippen LogP contribution in [0.1, 0.15) is 56.0 Å². The molecule has 9 heteroatoms. The topological polar surface area (TPSA) is 101 Å². The summed E-state index contributed by atoms with van der Waals surface area (Å²) >= 11 is 1.43. The number of benzene rings is 1. The second-order valence-electron chi connectivity index (χ2n) is 8.94. The largest absolute Gasteiger partial charge is 0.497 e. The molecule has 0 unspecified atom stereocenters. The number of nitrogens with zero attached hydrogens (tertiary/aromatic N) is 2. The van der Waals surface area contributed by atoms with Gasteiger partial charge in [-0.15, -0.1) is 0 Å². The van der Waals surface area contributed by atoms with Crippen molar-refractivity contribution in [2.45, 2.75) is 50.5 Å². The van der Waals surface area contributed by atoms with E-state index in [-0.39, 0.29) is 22.8 Å². The number of aromatic amines is 2. The molecule has 2 aromatic heterocycles. The van der Waals surface area contributed by atoms with Crippen molar-refractivity contribution in [2.24, 2.45) is 4.99 Å². The highest BCUT2D eigenvalue weighted by Crippen LogP contribution is 2.45. The van der Waals surface area contributed by atoms with Crippen LogP contribution < -0.4 is 15.9 Å². The molecule has 0 amide bonds. The molecule has 2 aliphatic heterocycles. The van der Waals surface area contributed by atoms with E-state index < -0.39 is 5.25 Å². The van der Waals surface area contributed by atoms with Crippen LogP contribution in [0.4, 0.5) is 5.82 Å². The van der Waals surface area contributed by atoms with Crippen LogP contribution in [0.25, 0.3) is 10.9 Å². The fourth-order valence-corrected chi connectivity index (χ4v) is 5.75. The van der Waals surface area contributed by atoms with Crippen LogP contribution in [0.5, 0.6) is 5.75 Å². The zero-order valence-electron chi connectivity index (χ0n) is 18.5. The molecule has 0 aliphatic carbocycles. The van der Waals surface area contributed by atoms with Crippen molar-refractivity contribution >= 4 is 33.5 Å². The highest BCUT2D eigenvalue weighted by Gasteiger charge is 2.36. The van der Waals surface area contributed by atoms with Crippen LogP contribution in [-0.4, -0.2) is 39.1 Å². The van der Waals surface area contributed by atoms with Crippen LogP contribution >= 0.6 is 11.8 Å². The van der Waals surface area contributed by atoms with E-state index in [0.29, 0.717) is 29.3 Å². The molecule has 5 rings (SSSR count). The van der Waals surface area contributed by atoms with E-state index in [1.165, 1.54) is 11.8 Å². The van der Waals surface area contributed by atoms with Gasteiger partial charge in [0.25, 0.3) is 11.1 Å². The summed E-state index contributed by atoms with van der Waals surface area (Å²) in [7, 11) is 1.61. The molecule has 0 spiro atoms. The zero-order valence-corrected chi connectivity index (χ0v) is 19.3. The summed E-state index contributed by atoms with van der Waals surface area (Å²) in [6.07, 6.45) is 1.57. The maximum absolute atomic E-state index is 13.1. The maximum Gasteiger partial charge on any atom is 0.271 e. The zero-order chi connectivity index (χ0) is 22.6. The number of ether oxygens (including phenoxy) is 2. The highest BCUT2D eigenvalue weighted by molar-refractivity contribution is 8.14. The molecule has 2 N–H and O–H groups in total. The molecule has 32 heavy (non-hydrogen) atoms. The quantitative estimate of drug-likeness (QED) is 0.622. The second-order valence-corrected chi connectivity index (χ2v) is 10.2. The number of aliphatic imine (C=N–C) groups is 1. The summed E-state index contributed by atoms with van der Waals surface area (Å²) in [6.45, 7) is 6.65. The lowest BCUT2D eigenvalue weighted by atomic mass is 9.94. The number of fused-ring (bicyclic) bond motifs is 2. The molecule has 8 nitrogen and oxygen atoms in total. The molecular formula is C23H26N4O4S. The molecule has 0 saturated carbocycles. The summed E-state index contributed by atoms with van der Waals surface area (Å²) in [6, 6.07) is 7.44. The first-order valence-electron chi connectivity index (χ1n) is 10.7. The smallest absolute Gasteiger partial charge is 0.271 e. The summed E-state index contributed by atoms with van der Waals surface area (Å²) in [4.78, 5) is 33.8. The van der Waals surface area contributed by atoms with E-state index >= 15 is 0 Å². The summed E-state index contributed by atoms with van der Waals surface area (Å²) in [5, 5.41) is 4.23. The Morgan fingerprint density at radius 3 is 2.81 bits per heavy atom. The number of hydrogen-bond donors (Lipinski definition) is 2. The number of methoxy groups -OCH3 is 1. The van der Waals surface area contributed by atoms with E-state index in [4.69, 9.17) is 14.5 Å². The lowest BCUT2D eigenvalue weighted by Gasteiger charge is -2.36. The van der Waals surface area contributed by atoms with Crippen LogP contribution in [0.2, 0.25) is 0 Å². The molecule has 0 radical (unpaired) electrons. The number of thioether (sulfide) groups is 1. The van der Waals surface area contributed by atoms with Crippen molar-refractivity contribution in [3.8, 4) is 5.75 Å². The Hall–Kier alpha value is -2.78. The molecule has 1 fully saturated rings. The van der Waals surface area contributed by atoms with Gasteiger partial charge in [-0.25, -0.2) is 4.99 Å². The average molecular weight is 455 g/mol. The Kier molecular flexibility index (Phi) is 5.05. The minimum Gasteiger partial charge on any atom is -0.497 e. The number of hydrogen-bond acceptors (Lipinski definition) is 6. The highest BCUT2D eigenvalue weighted by atomic mass is 32.2. The fourth-order valence-electron chi connectivity index (χ4n) is 4.64. The van der Waals surface area contributed by atoms with Crippen molar-refractivity contribution < 1.29 is 9.47 Å². The van der Waals surface area contributed by atoms with E-state index in [1.807, 2.05) is 35.9 Å². The summed E-state index contributed by atoms with van der Waals surface area (Å²) in [5.41, 5.74) is 1.09. The van der Waals surface area contributed by atoms with Crippen molar-refractivity contribution in [3.05, 3.63) is 56.1 Å². The number of aromatic nitrogens is 3. The molecule has 3 aromatic rings. The van der Waals surface area contributed by atoms with Gasteiger partial charge in [-0.2, -0.15) is 0 Å². The Balaban J connectivity index is 1.64. The number of H-pyrrole nitrogens is 2. The maximum atomic E-state index is 13.1. The molecule has 2 atom stereocenters. The Bertz CT molecular complexity index is 1350. The van der Waals surface area contributed by atoms with E-state index in [2.05, 4.69) is 23.9 Å². The third-order valence-corrected chi connectivity index (χ3v) is 7.31. The van der Waals surface area contributed by atoms with Crippen LogP contribution in [0.3, 0.4) is 0 Å². The molecule has 168 valence electrons. The van der Waals surface area contributed by atoms with Gasteiger partial charge in [0.05, 0.1) is 34.6 Å². The van der Waals surface area contributed by atoms with E-state index in [0.717, 1.165) is 28.8 Å². The molecule has 0 bridgehead atoms. The van der Waals surface area contributed by atoms with Crippen LogP contribution in [-0.2, 0) is 4.74 Å². The van der Waals surface area contributed by atoms with Crippen molar-refractivity contribution in [2.75, 3.05) is 13.7 Å². The van der Waals surface area contributed by atoms with E-state index in [1.54, 1.807) is 7.11 Å². The summed E-state index contributed by atoms with van der Waals surface area (Å²) in [5.74, 6) is 1.32. The Morgan fingerprint density at radius 1 is 1.25 bits per heavy atom. The predicted octanol–water partition coefficient (Wildman–Crippen LogP) is 4.04. The van der Waals surface area contributed by atoms with Gasteiger partial charge in [-0.3, -0.25) is 19.4 Å². The van der Waals surface area contributed by atoms with Gasteiger partial charge >= 0.3 is 0 Å². The van der Waals surface area contributed by atoms with Gasteiger partial charge in [0, 0.05) is 23.1 Å². The average Bonchev–Trinajstić information content (AvgIpc) is 3.08. The standard InChI is InChI=1S/C23H26N4O4S/c1-12-24-20-18(22(29)26-27(20)14-7-8-31-23(2,3)11-14)19(32-12)16-10-13-9-15(30-4)5-6-17(13)25-21(16)28/h5-6,9-10,14,19H,7-8,11H2,1-4H3,(H,25,28)(H,26,29)/t14-,19-/m0/s1. The summed E-state index contributed by atoms with van der Waals surface area (Å²) < 4.78 is 13.1. The van der Waals surface area contributed by atoms with Crippen LogP contribution in [0.15, 0.2) is 38.8 Å². The minimum absolute atomic E-state index is 0.0784. The Labute approximate surface area is 189 Å². The molecule has 2 aliphatic rings. The monoisotopic (exact) mass is 454 g/mol. The van der Waals surface area contributed by atoms with Gasteiger partial charge < -0.3 is 14.5 Å². The van der Waals surface area contributed by atoms with E-state index in [9.17, 15) is 9.59 Å². The first kappa shape index (κ1) is 21.1. The SMILES string of the molecule is COc1ccc2[nH]c(=O)c([C@@H]3SC(C)=Nc4c3c(=O)[nH]n4[C@H]3CCOC(C)(C)C3)cc2c1. The van der Waals surface area contributed by atoms with Crippen molar-refractivity contribution in [1.82, 2.24) is 14.8 Å². The van der Waals surface area contributed by atoms with Gasteiger partial charge in [-0.05, 0) is 57.9 Å². The number of pyridine rings is 1. The number of rotatable bonds is 3. The minimum atomic E-state index is -0.445. The first-order valence-corrected chi connectivity index (χ1v) is 11.5. The van der Waals surface area contributed by atoms with Gasteiger partial charge in [0.15, 0.2) is 5.82 Å². The van der Waals surface area contributed by atoms with Crippen LogP contribution in [0, 0.1) is 0 Å². The molecular weight excluding hydrogens is 428 g/mol. The van der Waals surface area contributed by atoms with Gasteiger partial charge in [0.2, 0.25) is 0 Å². The Morgan fingerprint density at radius 2 is 2.06 bits per heavy atom. The first-order chi connectivity index (χ1) is 15.3. The van der Waals surface area contributed by atoms with Crippen molar-refractivity contribution in [1.29, 1.82) is 0 Å². The molecule has 4 heterocycles. The van der Waals surface area contributed by atoms with Crippen molar-refractivity contribution in [3.63, 3.8) is 0 Å².